The van der Waals surface area contributed by atoms with Gasteiger partial charge in [0.2, 0.25) is 10.0 Å². The topological polar surface area (TPSA) is 67.8 Å². The molecule has 0 amide bonds. The van der Waals surface area contributed by atoms with Crippen LogP contribution >= 0.6 is 0 Å². The molecule has 23 heavy (non-hydrogen) atoms. The van der Waals surface area contributed by atoms with E-state index < -0.39 is 15.7 Å². The minimum atomic E-state index is -3.33. The van der Waals surface area contributed by atoms with Gasteiger partial charge in [0.05, 0.1) is 17.7 Å². The van der Waals surface area contributed by atoms with E-state index in [0.29, 0.717) is 11.4 Å². The number of fused-ring (bicyclic) bond motifs is 1. The minimum Gasteiger partial charge on any atom is -0.466 e. The lowest BCUT2D eigenvalue weighted by Gasteiger charge is -2.30. The van der Waals surface area contributed by atoms with Crippen LogP contribution in [-0.2, 0) is 10.0 Å². The summed E-state index contributed by atoms with van der Waals surface area (Å²) in [7, 11) is -3.33. The van der Waals surface area contributed by atoms with Crippen molar-refractivity contribution in [1.29, 1.82) is 0 Å². The largest absolute Gasteiger partial charge is 0.466 e. The molecule has 2 aromatic carbocycles. The van der Waals surface area contributed by atoms with Crippen molar-refractivity contribution >= 4 is 21.4 Å². The molecule has 0 atom stereocenters. The monoisotopic (exact) mass is 330 g/mol. The molecular weight excluding hydrogens is 312 g/mol. The quantitative estimate of drug-likeness (QED) is 0.940. The Hall–Kier alpha value is -2.34. The molecule has 5 nitrogen and oxygen atoms in total. The number of ether oxygens (including phenoxy) is 1. The van der Waals surface area contributed by atoms with Gasteiger partial charge in [0.15, 0.2) is 5.72 Å². The fraction of sp³-hybridized carbons (Fsp3) is 0.235. The van der Waals surface area contributed by atoms with Crippen molar-refractivity contribution in [2.24, 2.45) is 4.99 Å². The number of hydrogen-bond acceptors (Lipinski definition) is 4. The molecule has 0 radical (unpaired) electrons. The molecule has 0 saturated carbocycles. The maximum absolute atomic E-state index is 11.4. The Bertz CT molecular complexity index is 872. The van der Waals surface area contributed by atoms with Crippen LogP contribution in [0.15, 0.2) is 53.5 Å². The summed E-state index contributed by atoms with van der Waals surface area (Å²) < 4.78 is 31.2. The molecule has 1 N–H and O–H groups in total. The van der Waals surface area contributed by atoms with Gasteiger partial charge in [0.25, 0.3) is 0 Å². The molecule has 0 spiro atoms. The third-order valence-corrected chi connectivity index (χ3v) is 3.93. The maximum Gasteiger partial charge on any atom is 0.229 e. The van der Waals surface area contributed by atoms with Crippen LogP contribution in [0.4, 0.5) is 5.69 Å². The van der Waals surface area contributed by atoms with E-state index in [1.54, 1.807) is 12.1 Å². The van der Waals surface area contributed by atoms with E-state index in [-0.39, 0.29) is 0 Å². The van der Waals surface area contributed by atoms with E-state index in [9.17, 15) is 8.42 Å². The van der Waals surface area contributed by atoms with Gasteiger partial charge in [-0.3, -0.25) is 4.72 Å². The summed E-state index contributed by atoms with van der Waals surface area (Å²) in [4.78, 5) is 4.69. The minimum absolute atomic E-state index is 0.469. The van der Waals surface area contributed by atoms with Crippen molar-refractivity contribution in [3.8, 4) is 5.75 Å². The Morgan fingerprint density at radius 3 is 2.43 bits per heavy atom. The number of nitrogens with zero attached hydrogens (tertiary/aromatic N) is 1. The number of benzene rings is 2. The summed E-state index contributed by atoms with van der Waals surface area (Å²) in [6.07, 6.45) is 1.12. The van der Waals surface area contributed by atoms with Crippen molar-refractivity contribution in [3.63, 3.8) is 0 Å². The summed E-state index contributed by atoms with van der Waals surface area (Å²) in [5.74, 6) is 0.609. The number of nitrogens with one attached hydrogen (secondary N) is 1. The molecule has 0 aromatic heterocycles. The molecule has 0 fully saturated rings. The van der Waals surface area contributed by atoms with Crippen molar-refractivity contribution < 1.29 is 13.2 Å². The van der Waals surface area contributed by atoms with Crippen molar-refractivity contribution in [1.82, 2.24) is 0 Å². The highest BCUT2D eigenvalue weighted by atomic mass is 32.2. The van der Waals surface area contributed by atoms with Gasteiger partial charge in [-0.15, -0.1) is 0 Å². The average molecular weight is 330 g/mol. The van der Waals surface area contributed by atoms with Gasteiger partial charge < -0.3 is 4.74 Å². The normalized spacial score (nSPS) is 16.0. The smallest absolute Gasteiger partial charge is 0.229 e. The van der Waals surface area contributed by atoms with Crippen molar-refractivity contribution in [2.45, 2.75) is 19.6 Å². The first kappa shape index (κ1) is 15.6. The Labute approximate surface area is 136 Å². The Morgan fingerprint density at radius 2 is 1.78 bits per heavy atom. The highest BCUT2D eigenvalue weighted by Gasteiger charge is 2.29. The molecular formula is C17H18N2O3S. The Morgan fingerprint density at radius 1 is 1.09 bits per heavy atom. The zero-order valence-electron chi connectivity index (χ0n) is 13.2. The first-order valence-corrected chi connectivity index (χ1v) is 9.09. The zero-order valence-corrected chi connectivity index (χ0v) is 14.0. The van der Waals surface area contributed by atoms with E-state index in [0.717, 1.165) is 23.1 Å². The predicted molar refractivity (Wildman–Crippen MR) is 91.7 cm³/mol. The molecule has 0 saturated heterocycles. The predicted octanol–water partition coefficient (Wildman–Crippen LogP) is 3.02. The van der Waals surface area contributed by atoms with Gasteiger partial charge in [-0.25, -0.2) is 13.4 Å². The van der Waals surface area contributed by atoms with Gasteiger partial charge in [0.1, 0.15) is 5.75 Å². The molecule has 120 valence electrons. The lowest BCUT2D eigenvalue weighted by Crippen LogP contribution is -2.32. The summed E-state index contributed by atoms with van der Waals surface area (Å²) in [5, 5.41) is 0. The highest BCUT2D eigenvalue weighted by Crippen LogP contribution is 2.34. The lowest BCUT2D eigenvalue weighted by atomic mass is 9.99. The molecule has 1 aliphatic heterocycles. The molecule has 1 aliphatic rings. The third kappa shape index (κ3) is 3.53. The number of anilines is 1. The van der Waals surface area contributed by atoms with Crippen LogP contribution in [0.25, 0.3) is 0 Å². The molecule has 1 heterocycles. The molecule has 6 heteroatoms. The molecule has 0 unspecified atom stereocenters. The van der Waals surface area contributed by atoms with Gasteiger partial charge in [-0.1, -0.05) is 30.3 Å². The van der Waals surface area contributed by atoms with Crippen molar-refractivity contribution in [2.75, 3.05) is 11.0 Å². The van der Waals surface area contributed by atoms with Crippen LogP contribution in [0.5, 0.6) is 5.75 Å². The van der Waals surface area contributed by atoms with Gasteiger partial charge >= 0.3 is 0 Å². The molecule has 0 bridgehead atoms. The SMILES string of the molecule is CC1(C)N=C(c2ccccc2)c2ccc(NS(C)(=O)=O)cc2O1. The lowest BCUT2D eigenvalue weighted by molar-refractivity contribution is 0.115. The number of rotatable bonds is 3. The van der Waals surface area contributed by atoms with E-state index in [2.05, 4.69) is 9.71 Å². The van der Waals surface area contributed by atoms with Crippen molar-refractivity contribution in [3.05, 3.63) is 59.7 Å². The van der Waals surface area contributed by atoms with E-state index >= 15 is 0 Å². The number of hydrogen-bond donors (Lipinski definition) is 1. The van der Waals surface area contributed by atoms with Crippen LogP contribution in [0.3, 0.4) is 0 Å². The number of aliphatic imine (C=N–C) groups is 1. The standard InChI is InChI=1S/C17H18N2O3S/c1-17(2)18-16(12-7-5-4-6-8-12)14-10-9-13(11-15(14)22-17)19-23(3,20)21/h4-11,19H,1-3H3. The first-order chi connectivity index (χ1) is 10.7. The van der Waals surface area contributed by atoms with Crippen LogP contribution < -0.4 is 9.46 Å². The second-order valence-electron chi connectivity index (χ2n) is 5.96. The van der Waals surface area contributed by atoms with E-state index in [1.165, 1.54) is 0 Å². The zero-order chi connectivity index (χ0) is 16.7. The van der Waals surface area contributed by atoms with E-state index in [1.807, 2.05) is 50.2 Å². The summed E-state index contributed by atoms with van der Waals surface area (Å²) in [6, 6.07) is 15.1. The summed E-state index contributed by atoms with van der Waals surface area (Å²) in [5.41, 5.74) is 2.42. The Balaban J connectivity index is 2.10. The molecule has 3 rings (SSSR count). The van der Waals surface area contributed by atoms with E-state index in [4.69, 9.17) is 4.74 Å². The average Bonchev–Trinajstić information content (AvgIpc) is 2.44. The van der Waals surface area contributed by atoms with Crippen LogP contribution in [0.1, 0.15) is 25.0 Å². The Kier molecular flexibility index (Phi) is 3.64. The van der Waals surface area contributed by atoms with Gasteiger partial charge in [-0.05, 0) is 26.0 Å². The van der Waals surface area contributed by atoms with Gasteiger partial charge in [-0.2, -0.15) is 0 Å². The van der Waals surface area contributed by atoms with Crippen LogP contribution in [-0.4, -0.2) is 26.1 Å². The first-order valence-electron chi connectivity index (χ1n) is 7.20. The molecule has 0 aliphatic carbocycles. The highest BCUT2D eigenvalue weighted by molar-refractivity contribution is 7.92. The summed E-state index contributed by atoms with van der Waals surface area (Å²) in [6.45, 7) is 3.74. The third-order valence-electron chi connectivity index (χ3n) is 3.33. The van der Waals surface area contributed by atoms with Crippen LogP contribution in [0.2, 0.25) is 0 Å². The fourth-order valence-corrected chi connectivity index (χ4v) is 3.07. The van der Waals surface area contributed by atoms with Gasteiger partial charge in [0, 0.05) is 17.2 Å². The second kappa shape index (κ2) is 5.38. The maximum atomic E-state index is 11.4. The number of sulfonamides is 1. The second-order valence-corrected chi connectivity index (χ2v) is 7.71. The van der Waals surface area contributed by atoms with Crippen LogP contribution in [0, 0.1) is 0 Å². The fourth-order valence-electron chi connectivity index (χ4n) is 2.52. The summed E-state index contributed by atoms with van der Waals surface area (Å²) >= 11 is 0. The molecule has 2 aromatic rings.